The van der Waals surface area contributed by atoms with Gasteiger partial charge in [-0.3, -0.25) is 9.69 Å². The van der Waals surface area contributed by atoms with E-state index in [1.54, 1.807) is 0 Å². The third kappa shape index (κ3) is 3.25. The van der Waals surface area contributed by atoms with Crippen LogP contribution in [0, 0.1) is 6.92 Å². The fourth-order valence-electron chi connectivity index (χ4n) is 3.26. The summed E-state index contributed by atoms with van der Waals surface area (Å²) in [5.41, 5.74) is 1.94. The Bertz CT molecular complexity index is 496. The predicted octanol–water partition coefficient (Wildman–Crippen LogP) is 0.875. The van der Waals surface area contributed by atoms with Gasteiger partial charge >= 0.3 is 0 Å². The van der Waals surface area contributed by atoms with Gasteiger partial charge in [0.1, 0.15) is 5.69 Å². The van der Waals surface area contributed by atoms with Gasteiger partial charge in [-0.05, 0) is 25.5 Å². The first-order chi connectivity index (χ1) is 9.66. The summed E-state index contributed by atoms with van der Waals surface area (Å²) in [4.78, 5) is 17.1. The third-order valence-electron chi connectivity index (χ3n) is 4.71. The Morgan fingerprint density at radius 3 is 2.57 bits per heavy atom. The minimum Gasteiger partial charge on any atom is -0.344 e. The van der Waals surface area contributed by atoms with Crippen molar-refractivity contribution in [3.63, 3.8) is 0 Å². The summed E-state index contributed by atoms with van der Waals surface area (Å²) in [5.74, 6) is 0.179. The lowest BCUT2D eigenvalue weighted by Crippen LogP contribution is -2.49. The number of carbonyl (C=O) groups excluding carboxylic acids is 1. The molecule has 21 heavy (non-hydrogen) atoms. The highest BCUT2D eigenvalue weighted by atomic mass is 35.5. The van der Waals surface area contributed by atoms with Crippen LogP contribution in [0.15, 0.2) is 12.1 Å². The molecule has 0 aliphatic carbocycles. The predicted molar refractivity (Wildman–Crippen MR) is 86.1 cm³/mol. The summed E-state index contributed by atoms with van der Waals surface area (Å²) in [6.07, 6.45) is 1.11. The minimum absolute atomic E-state index is 0. The van der Waals surface area contributed by atoms with E-state index >= 15 is 0 Å². The number of carbonyl (C=O) groups is 1. The molecule has 0 spiro atoms. The Morgan fingerprint density at radius 1 is 1.24 bits per heavy atom. The van der Waals surface area contributed by atoms with Gasteiger partial charge in [0.05, 0.1) is 0 Å². The first-order valence-electron chi connectivity index (χ1n) is 7.53. The lowest BCUT2D eigenvalue weighted by Gasteiger charge is -2.32. The standard InChI is InChI=1S/C15H24N4O.ClH/c1-12-3-4-14(17(12)2)15(20)19-8-5-13(11-19)18-9-6-16-7-10-18;/h3-4,13,16H,5-11H2,1-2H3;1H. The molecular formula is C15H25ClN4O. The molecule has 1 atom stereocenters. The molecule has 118 valence electrons. The second-order valence-electron chi connectivity index (χ2n) is 5.90. The number of piperazine rings is 1. The van der Waals surface area contributed by atoms with E-state index in [-0.39, 0.29) is 18.3 Å². The van der Waals surface area contributed by atoms with Gasteiger partial charge in [0, 0.05) is 58.1 Å². The van der Waals surface area contributed by atoms with E-state index in [9.17, 15) is 4.79 Å². The monoisotopic (exact) mass is 312 g/mol. The van der Waals surface area contributed by atoms with Gasteiger partial charge in [0.15, 0.2) is 0 Å². The van der Waals surface area contributed by atoms with Crippen LogP contribution in [-0.4, -0.2) is 65.6 Å². The second-order valence-corrected chi connectivity index (χ2v) is 5.90. The molecule has 3 heterocycles. The highest BCUT2D eigenvalue weighted by molar-refractivity contribution is 5.93. The normalized spacial score (nSPS) is 23.1. The number of aryl methyl sites for hydroxylation is 1. The average molecular weight is 313 g/mol. The molecule has 0 aromatic carbocycles. The van der Waals surface area contributed by atoms with Gasteiger partial charge in [0.25, 0.3) is 5.91 Å². The van der Waals surface area contributed by atoms with Gasteiger partial charge in [-0.25, -0.2) is 0 Å². The number of nitrogens with zero attached hydrogens (tertiary/aromatic N) is 3. The second kappa shape index (κ2) is 6.81. The summed E-state index contributed by atoms with van der Waals surface area (Å²) < 4.78 is 1.99. The number of hydrogen-bond acceptors (Lipinski definition) is 3. The molecule has 0 saturated carbocycles. The summed E-state index contributed by atoms with van der Waals surface area (Å²) in [6, 6.07) is 4.50. The van der Waals surface area contributed by atoms with E-state index in [1.807, 2.05) is 35.6 Å². The van der Waals surface area contributed by atoms with Crippen LogP contribution in [0.3, 0.4) is 0 Å². The lowest BCUT2D eigenvalue weighted by molar-refractivity contribution is 0.0764. The molecule has 1 amide bonds. The largest absolute Gasteiger partial charge is 0.344 e. The van der Waals surface area contributed by atoms with Crippen LogP contribution >= 0.6 is 12.4 Å². The molecule has 2 saturated heterocycles. The van der Waals surface area contributed by atoms with Crippen molar-refractivity contribution in [2.45, 2.75) is 19.4 Å². The van der Waals surface area contributed by atoms with Gasteiger partial charge in [-0.2, -0.15) is 0 Å². The van der Waals surface area contributed by atoms with E-state index in [2.05, 4.69) is 10.2 Å². The van der Waals surface area contributed by atoms with Crippen molar-refractivity contribution in [1.82, 2.24) is 19.7 Å². The number of rotatable bonds is 2. The molecule has 6 heteroatoms. The minimum atomic E-state index is 0. The van der Waals surface area contributed by atoms with Crippen molar-refractivity contribution in [2.24, 2.45) is 7.05 Å². The van der Waals surface area contributed by atoms with Crippen molar-refractivity contribution in [3.8, 4) is 0 Å². The highest BCUT2D eigenvalue weighted by Crippen LogP contribution is 2.19. The molecule has 3 rings (SSSR count). The van der Waals surface area contributed by atoms with E-state index < -0.39 is 0 Å². The number of hydrogen-bond donors (Lipinski definition) is 1. The number of halogens is 1. The van der Waals surface area contributed by atoms with Crippen LogP contribution in [0.25, 0.3) is 0 Å². The highest BCUT2D eigenvalue weighted by Gasteiger charge is 2.32. The Balaban J connectivity index is 0.00000161. The SMILES string of the molecule is Cc1ccc(C(=O)N2CCC(N3CCNCC3)C2)n1C.Cl. The molecule has 1 N–H and O–H groups in total. The smallest absolute Gasteiger partial charge is 0.270 e. The fraction of sp³-hybridized carbons (Fsp3) is 0.667. The Hall–Kier alpha value is -1.04. The zero-order chi connectivity index (χ0) is 14.1. The molecular weight excluding hydrogens is 288 g/mol. The van der Waals surface area contributed by atoms with Gasteiger partial charge in [-0.1, -0.05) is 0 Å². The summed E-state index contributed by atoms with van der Waals surface area (Å²) in [7, 11) is 1.96. The summed E-state index contributed by atoms with van der Waals surface area (Å²) in [5, 5.41) is 3.38. The Morgan fingerprint density at radius 2 is 1.95 bits per heavy atom. The molecule has 2 aliphatic rings. The Labute approximate surface area is 132 Å². The summed E-state index contributed by atoms with van der Waals surface area (Å²) >= 11 is 0. The quantitative estimate of drug-likeness (QED) is 0.881. The van der Waals surface area contributed by atoms with Gasteiger partial charge in [-0.15, -0.1) is 12.4 Å². The van der Waals surface area contributed by atoms with Gasteiger partial charge in [0.2, 0.25) is 0 Å². The topological polar surface area (TPSA) is 40.5 Å². The average Bonchev–Trinajstić information content (AvgIpc) is 3.08. The van der Waals surface area contributed by atoms with Gasteiger partial charge < -0.3 is 14.8 Å². The van der Waals surface area contributed by atoms with E-state index in [0.717, 1.165) is 57.1 Å². The number of likely N-dealkylation sites (tertiary alicyclic amines) is 1. The van der Waals surface area contributed by atoms with Crippen molar-refractivity contribution in [3.05, 3.63) is 23.5 Å². The first-order valence-corrected chi connectivity index (χ1v) is 7.53. The van der Waals surface area contributed by atoms with Crippen LogP contribution < -0.4 is 5.32 Å². The molecule has 1 aromatic heterocycles. The maximum atomic E-state index is 12.6. The van der Waals surface area contributed by atoms with Crippen LogP contribution in [-0.2, 0) is 7.05 Å². The molecule has 5 nitrogen and oxygen atoms in total. The van der Waals surface area contributed by atoms with Crippen LogP contribution in [0.2, 0.25) is 0 Å². The van der Waals surface area contributed by atoms with E-state index in [4.69, 9.17) is 0 Å². The fourth-order valence-corrected chi connectivity index (χ4v) is 3.26. The molecule has 0 bridgehead atoms. The van der Waals surface area contributed by atoms with Crippen molar-refractivity contribution in [2.75, 3.05) is 39.3 Å². The van der Waals surface area contributed by atoms with E-state index in [0.29, 0.717) is 6.04 Å². The zero-order valence-electron chi connectivity index (χ0n) is 12.8. The zero-order valence-corrected chi connectivity index (χ0v) is 13.7. The molecule has 2 aliphatic heterocycles. The van der Waals surface area contributed by atoms with E-state index in [1.165, 1.54) is 0 Å². The number of amides is 1. The molecule has 1 aromatic rings. The third-order valence-corrected chi connectivity index (χ3v) is 4.71. The number of nitrogens with one attached hydrogen (secondary N) is 1. The molecule has 1 unspecified atom stereocenters. The van der Waals surface area contributed by atoms with Crippen LogP contribution in [0.5, 0.6) is 0 Å². The van der Waals surface area contributed by atoms with Crippen molar-refractivity contribution in [1.29, 1.82) is 0 Å². The summed E-state index contributed by atoms with van der Waals surface area (Å²) in [6.45, 7) is 8.15. The maximum Gasteiger partial charge on any atom is 0.270 e. The first kappa shape index (κ1) is 16.3. The lowest BCUT2D eigenvalue weighted by atomic mass is 10.2. The van der Waals surface area contributed by atoms with Crippen molar-refractivity contribution >= 4 is 18.3 Å². The number of aromatic nitrogens is 1. The van der Waals surface area contributed by atoms with Crippen molar-refractivity contribution < 1.29 is 4.79 Å². The maximum absolute atomic E-state index is 12.6. The van der Waals surface area contributed by atoms with Crippen LogP contribution in [0.1, 0.15) is 22.6 Å². The molecule has 0 radical (unpaired) electrons. The Kier molecular flexibility index (Phi) is 5.30. The molecule has 2 fully saturated rings. The van der Waals surface area contributed by atoms with Crippen LogP contribution in [0.4, 0.5) is 0 Å².